The van der Waals surface area contributed by atoms with Crippen molar-refractivity contribution in [3.63, 3.8) is 0 Å². The van der Waals surface area contributed by atoms with Crippen LogP contribution in [-0.2, 0) is 26.1 Å². The number of nitrogens with one attached hydrogen (secondary N) is 1. The van der Waals surface area contributed by atoms with E-state index in [-0.39, 0.29) is 29.7 Å². The van der Waals surface area contributed by atoms with E-state index in [9.17, 15) is 4.79 Å². The van der Waals surface area contributed by atoms with E-state index < -0.39 is 6.10 Å². The van der Waals surface area contributed by atoms with Crippen molar-refractivity contribution in [2.24, 2.45) is 11.3 Å². The maximum absolute atomic E-state index is 12.7. The van der Waals surface area contributed by atoms with Crippen molar-refractivity contribution in [2.45, 2.75) is 63.7 Å². The summed E-state index contributed by atoms with van der Waals surface area (Å²) in [6.45, 7) is 7.24. The highest BCUT2D eigenvalue weighted by Crippen LogP contribution is 2.61. The highest BCUT2D eigenvalue weighted by molar-refractivity contribution is 5.71. The Morgan fingerprint density at radius 2 is 2.13 bits per heavy atom. The number of piperidine rings is 1. The molecular weight excluding hydrogens is 382 g/mol. The molecule has 2 aliphatic carbocycles. The largest absolute Gasteiger partial charge is 0.481 e. The van der Waals surface area contributed by atoms with Crippen LogP contribution in [0.3, 0.4) is 0 Å². The van der Waals surface area contributed by atoms with Crippen LogP contribution in [0.2, 0.25) is 0 Å². The molecule has 5 rings (SSSR count). The number of hydrogen-bond acceptors (Lipinski definition) is 6. The van der Waals surface area contributed by atoms with E-state index in [1.165, 1.54) is 11.1 Å². The van der Waals surface area contributed by atoms with Crippen LogP contribution in [0.5, 0.6) is 11.5 Å². The summed E-state index contributed by atoms with van der Waals surface area (Å²) in [4.78, 5) is 12.7. The number of carbonyl (C=O) groups is 1. The molecule has 1 N–H and O–H groups in total. The van der Waals surface area contributed by atoms with Gasteiger partial charge in [0.25, 0.3) is 0 Å². The highest BCUT2D eigenvalue weighted by atomic mass is 16.7. The van der Waals surface area contributed by atoms with E-state index in [1.54, 1.807) is 7.11 Å². The molecule has 2 unspecified atom stereocenters. The summed E-state index contributed by atoms with van der Waals surface area (Å²) in [6.07, 6.45) is 5.96. The zero-order valence-corrected chi connectivity index (χ0v) is 18.2. The van der Waals surface area contributed by atoms with Gasteiger partial charge >= 0.3 is 5.97 Å². The smallest absolute Gasteiger partial charge is 0.307 e. The lowest BCUT2D eigenvalue weighted by molar-refractivity contribution is -0.156. The van der Waals surface area contributed by atoms with Crippen molar-refractivity contribution in [2.75, 3.05) is 20.4 Å². The predicted octanol–water partition coefficient (Wildman–Crippen LogP) is 3.12. The number of rotatable bonds is 5. The highest BCUT2D eigenvalue weighted by Gasteiger charge is 2.64. The van der Waals surface area contributed by atoms with Crippen LogP contribution in [0, 0.1) is 11.3 Å². The van der Waals surface area contributed by atoms with Crippen LogP contribution in [0.15, 0.2) is 24.3 Å². The van der Waals surface area contributed by atoms with E-state index >= 15 is 0 Å². The van der Waals surface area contributed by atoms with E-state index in [1.807, 2.05) is 32.9 Å². The molecule has 4 aliphatic rings. The quantitative estimate of drug-likeness (QED) is 0.455. The van der Waals surface area contributed by atoms with E-state index in [2.05, 4.69) is 17.5 Å². The van der Waals surface area contributed by atoms with Gasteiger partial charge in [-0.25, -0.2) is 0 Å². The summed E-state index contributed by atoms with van der Waals surface area (Å²) < 4.78 is 23.6. The molecule has 6 heteroatoms. The first-order valence-corrected chi connectivity index (χ1v) is 10.9. The van der Waals surface area contributed by atoms with Gasteiger partial charge in [0, 0.05) is 30.0 Å². The Morgan fingerprint density at radius 1 is 1.30 bits per heavy atom. The van der Waals surface area contributed by atoms with Crippen LogP contribution in [0.1, 0.15) is 44.7 Å². The summed E-state index contributed by atoms with van der Waals surface area (Å²) in [5, 5.41) is 3.70. The van der Waals surface area contributed by atoms with Gasteiger partial charge in [0.05, 0.1) is 6.42 Å². The first-order valence-electron chi connectivity index (χ1n) is 10.9. The number of carbonyl (C=O) groups excluding carboxylic acids is 1. The minimum atomic E-state index is -0.400. The van der Waals surface area contributed by atoms with Crippen molar-refractivity contribution in [1.29, 1.82) is 0 Å². The third kappa shape index (κ3) is 2.95. The zero-order chi connectivity index (χ0) is 21.1. The average Bonchev–Trinajstić information content (AvgIpc) is 3.01. The van der Waals surface area contributed by atoms with Crippen molar-refractivity contribution >= 4 is 5.97 Å². The topological polar surface area (TPSA) is 66.0 Å². The summed E-state index contributed by atoms with van der Waals surface area (Å²) in [7, 11) is 1.61. The fraction of sp³-hybridized carbons (Fsp3) is 0.625. The van der Waals surface area contributed by atoms with Gasteiger partial charge in [0.2, 0.25) is 0 Å². The standard InChI is InChI=1S/C24H31NO5/c1-23(2,3)12-19(26)29-18-8-6-15-16-11-14-5-7-17(28-13-27-4)21-20(14)24(15,9-10-25-16)22(18)30-21/h5-8,15-16,18,22,25H,9-13H2,1-4H3/t15-,16+,18?,22?,24-/m0/s1. The Hall–Kier alpha value is -2.05. The molecule has 162 valence electrons. The molecule has 6 nitrogen and oxygen atoms in total. The average molecular weight is 414 g/mol. The third-order valence-corrected chi connectivity index (χ3v) is 6.92. The Bertz CT molecular complexity index is 888. The van der Waals surface area contributed by atoms with Crippen LogP contribution in [0.4, 0.5) is 0 Å². The molecule has 2 bridgehead atoms. The number of hydrogen-bond donors (Lipinski definition) is 1. The predicted molar refractivity (Wildman–Crippen MR) is 112 cm³/mol. The monoisotopic (exact) mass is 413 g/mol. The van der Waals surface area contributed by atoms with Gasteiger partial charge in [0.15, 0.2) is 24.4 Å². The Labute approximate surface area is 177 Å². The molecule has 0 aromatic heterocycles. The van der Waals surface area contributed by atoms with Gasteiger partial charge in [-0.15, -0.1) is 0 Å². The van der Waals surface area contributed by atoms with Crippen LogP contribution in [-0.4, -0.2) is 44.7 Å². The molecule has 1 fully saturated rings. The normalized spacial score (nSPS) is 32.9. The third-order valence-electron chi connectivity index (χ3n) is 6.92. The fourth-order valence-electron chi connectivity index (χ4n) is 5.91. The molecule has 1 spiro atoms. The summed E-state index contributed by atoms with van der Waals surface area (Å²) in [5.74, 6) is 1.65. The van der Waals surface area contributed by atoms with Gasteiger partial charge in [-0.1, -0.05) is 32.9 Å². The minimum absolute atomic E-state index is 0.116. The van der Waals surface area contributed by atoms with Crippen LogP contribution < -0.4 is 14.8 Å². The van der Waals surface area contributed by atoms with E-state index in [0.29, 0.717) is 24.1 Å². The lowest BCUT2D eigenvalue weighted by atomic mass is 9.53. The first-order chi connectivity index (χ1) is 14.3. The Kier molecular flexibility index (Phi) is 4.63. The molecule has 1 saturated heterocycles. The number of ether oxygens (including phenoxy) is 4. The van der Waals surface area contributed by atoms with Gasteiger partial charge in [0.1, 0.15) is 6.10 Å². The molecule has 1 aromatic carbocycles. The second-order valence-electron chi connectivity index (χ2n) is 10.2. The van der Waals surface area contributed by atoms with E-state index in [4.69, 9.17) is 18.9 Å². The molecule has 0 saturated carbocycles. The second-order valence-corrected chi connectivity index (χ2v) is 10.2. The number of benzene rings is 1. The summed E-state index contributed by atoms with van der Waals surface area (Å²) in [6, 6.07) is 4.51. The Morgan fingerprint density at radius 3 is 2.90 bits per heavy atom. The number of methoxy groups -OCH3 is 1. The van der Waals surface area contributed by atoms with Gasteiger partial charge in [-0.2, -0.15) is 0 Å². The first kappa shape index (κ1) is 19.9. The fourth-order valence-corrected chi connectivity index (χ4v) is 5.91. The van der Waals surface area contributed by atoms with E-state index in [0.717, 1.165) is 25.1 Å². The molecule has 2 aliphatic heterocycles. The molecule has 0 radical (unpaired) electrons. The molecule has 30 heavy (non-hydrogen) atoms. The van der Waals surface area contributed by atoms with Crippen LogP contribution >= 0.6 is 0 Å². The maximum Gasteiger partial charge on any atom is 0.307 e. The summed E-state index contributed by atoms with van der Waals surface area (Å²) >= 11 is 0. The molecule has 0 amide bonds. The summed E-state index contributed by atoms with van der Waals surface area (Å²) in [5.41, 5.74) is 2.26. The Balaban J connectivity index is 1.55. The SMILES string of the molecule is COCOc1ccc2c3c1OC1C(OC(=O)CC(C)(C)C)C=C[C@H]4[C@@H](C2)NCC[C@]314. The van der Waals surface area contributed by atoms with Gasteiger partial charge < -0.3 is 24.3 Å². The maximum atomic E-state index is 12.7. The van der Waals surface area contributed by atoms with Gasteiger partial charge in [-0.3, -0.25) is 4.79 Å². The van der Waals surface area contributed by atoms with Crippen LogP contribution in [0.25, 0.3) is 0 Å². The van der Waals surface area contributed by atoms with Crippen molar-refractivity contribution in [1.82, 2.24) is 5.32 Å². The molecule has 5 atom stereocenters. The van der Waals surface area contributed by atoms with Gasteiger partial charge in [-0.05, 0) is 42.5 Å². The molecule has 2 heterocycles. The lowest BCUT2D eigenvalue weighted by Gasteiger charge is -2.54. The minimum Gasteiger partial charge on any atom is -0.481 e. The van der Waals surface area contributed by atoms with Crippen molar-refractivity contribution in [3.05, 3.63) is 35.4 Å². The molecular formula is C24H31NO5. The number of esters is 1. The second kappa shape index (κ2) is 6.99. The van der Waals surface area contributed by atoms with Crippen molar-refractivity contribution < 1.29 is 23.7 Å². The van der Waals surface area contributed by atoms with Crippen molar-refractivity contribution in [3.8, 4) is 11.5 Å². The lowest BCUT2D eigenvalue weighted by Crippen LogP contribution is -2.65. The zero-order valence-electron chi connectivity index (χ0n) is 18.2. The molecule has 1 aromatic rings.